The topological polar surface area (TPSA) is 61.9 Å². The van der Waals surface area contributed by atoms with Crippen LogP contribution >= 0.6 is 0 Å². The summed E-state index contributed by atoms with van der Waals surface area (Å²) in [7, 11) is 0. The van der Waals surface area contributed by atoms with Crippen LogP contribution in [0.1, 0.15) is 5.69 Å². The molecule has 0 aliphatic rings. The van der Waals surface area contributed by atoms with E-state index in [1.54, 1.807) is 0 Å². The Morgan fingerprint density at radius 1 is 1.80 bits per heavy atom. The molecule has 0 bridgehead atoms. The molecule has 0 saturated carbocycles. The number of anilines is 1. The zero-order chi connectivity index (χ0) is 7.40. The predicted molar refractivity (Wildman–Crippen MR) is 38.2 cm³/mol. The minimum atomic E-state index is 0.449. The van der Waals surface area contributed by atoms with E-state index in [0.717, 1.165) is 6.21 Å². The zero-order valence-corrected chi connectivity index (χ0v) is 5.29. The van der Waals surface area contributed by atoms with Gasteiger partial charge in [0.05, 0.1) is 0 Å². The molecule has 0 atom stereocenters. The minimum Gasteiger partial charge on any atom is -0.427 e. The molecule has 1 aromatic rings. The molecule has 0 aliphatic heterocycles. The SMILES string of the molecule is C=CNc1ocnc1C=N. The number of rotatable bonds is 3. The Hall–Kier alpha value is -1.58. The van der Waals surface area contributed by atoms with E-state index in [-0.39, 0.29) is 0 Å². The van der Waals surface area contributed by atoms with Crippen molar-refractivity contribution in [2.45, 2.75) is 0 Å². The summed E-state index contributed by atoms with van der Waals surface area (Å²) in [4.78, 5) is 3.73. The fraction of sp³-hybridized carbons (Fsp3) is 0. The van der Waals surface area contributed by atoms with Crippen LogP contribution in [0.25, 0.3) is 0 Å². The minimum absolute atomic E-state index is 0.449. The quantitative estimate of drug-likeness (QED) is 0.616. The van der Waals surface area contributed by atoms with Gasteiger partial charge in [0, 0.05) is 6.21 Å². The van der Waals surface area contributed by atoms with Crippen molar-refractivity contribution in [1.82, 2.24) is 4.98 Å². The number of nitrogens with one attached hydrogen (secondary N) is 2. The highest BCUT2D eigenvalue weighted by Crippen LogP contribution is 2.09. The number of aromatic nitrogens is 1. The summed E-state index contributed by atoms with van der Waals surface area (Å²) < 4.78 is 4.85. The zero-order valence-electron chi connectivity index (χ0n) is 5.29. The van der Waals surface area contributed by atoms with E-state index in [1.807, 2.05) is 0 Å². The number of hydrogen-bond donors (Lipinski definition) is 2. The Morgan fingerprint density at radius 3 is 3.20 bits per heavy atom. The molecular formula is C6H7N3O. The second-order valence-electron chi connectivity index (χ2n) is 1.56. The Balaban J connectivity index is 2.89. The number of nitrogens with zero attached hydrogens (tertiary/aromatic N) is 1. The van der Waals surface area contributed by atoms with Crippen molar-refractivity contribution < 1.29 is 4.42 Å². The van der Waals surface area contributed by atoms with Crippen LogP contribution in [-0.2, 0) is 0 Å². The van der Waals surface area contributed by atoms with Gasteiger partial charge in [-0.1, -0.05) is 6.58 Å². The monoisotopic (exact) mass is 137 g/mol. The van der Waals surface area contributed by atoms with Gasteiger partial charge in [-0.3, -0.25) is 0 Å². The van der Waals surface area contributed by atoms with Crippen LogP contribution < -0.4 is 5.32 Å². The van der Waals surface area contributed by atoms with Gasteiger partial charge in [-0.05, 0) is 6.20 Å². The second-order valence-corrected chi connectivity index (χ2v) is 1.56. The van der Waals surface area contributed by atoms with Crippen LogP contribution in [0.4, 0.5) is 5.88 Å². The van der Waals surface area contributed by atoms with Gasteiger partial charge < -0.3 is 15.1 Å². The Morgan fingerprint density at radius 2 is 2.60 bits per heavy atom. The van der Waals surface area contributed by atoms with Crippen LogP contribution in [0.2, 0.25) is 0 Å². The maximum Gasteiger partial charge on any atom is 0.226 e. The molecule has 4 nitrogen and oxygen atoms in total. The van der Waals surface area contributed by atoms with E-state index in [9.17, 15) is 0 Å². The maximum absolute atomic E-state index is 6.86. The highest BCUT2D eigenvalue weighted by molar-refractivity contribution is 5.80. The molecule has 1 rings (SSSR count). The van der Waals surface area contributed by atoms with Crippen molar-refractivity contribution in [3.8, 4) is 0 Å². The predicted octanol–water partition coefficient (Wildman–Crippen LogP) is 1.23. The van der Waals surface area contributed by atoms with Crippen LogP contribution in [0, 0.1) is 5.41 Å². The van der Waals surface area contributed by atoms with E-state index in [4.69, 9.17) is 9.83 Å². The van der Waals surface area contributed by atoms with Gasteiger partial charge >= 0.3 is 0 Å². The lowest BCUT2D eigenvalue weighted by atomic mass is 10.5. The van der Waals surface area contributed by atoms with E-state index in [2.05, 4.69) is 16.9 Å². The molecule has 10 heavy (non-hydrogen) atoms. The number of oxazole rings is 1. The fourth-order valence-corrected chi connectivity index (χ4v) is 0.558. The van der Waals surface area contributed by atoms with E-state index < -0.39 is 0 Å². The van der Waals surface area contributed by atoms with Gasteiger partial charge in [-0.25, -0.2) is 4.98 Å². The lowest BCUT2D eigenvalue weighted by Crippen LogP contribution is -1.88. The van der Waals surface area contributed by atoms with E-state index in [0.29, 0.717) is 11.6 Å². The summed E-state index contributed by atoms with van der Waals surface area (Å²) in [6.07, 6.45) is 3.84. The lowest BCUT2D eigenvalue weighted by molar-refractivity contribution is 0.574. The molecule has 0 unspecified atom stereocenters. The lowest BCUT2D eigenvalue weighted by Gasteiger charge is -1.91. The van der Waals surface area contributed by atoms with Crippen LogP contribution in [0.15, 0.2) is 23.6 Å². The molecule has 1 aromatic heterocycles. The first-order valence-corrected chi connectivity index (χ1v) is 2.70. The summed E-state index contributed by atoms with van der Waals surface area (Å²) in [5.41, 5.74) is 0.472. The van der Waals surface area contributed by atoms with Gasteiger partial charge in [0.15, 0.2) is 6.39 Å². The third-order valence-corrected chi connectivity index (χ3v) is 0.965. The van der Waals surface area contributed by atoms with Gasteiger partial charge in [-0.15, -0.1) is 0 Å². The van der Waals surface area contributed by atoms with E-state index in [1.165, 1.54) is 12.6 Å². The maximum atomic E-state index is 6.86. The van der Waals surface area contributed by atoms with Crippen molar-refractivity contribution >= 4 is 12.1 Å². The van der Waals surface area contributed by atoms with Crippen molar-refractivity contribution in [2.24, 2.45) is 0 Å². The molecule has 1 heterocycles. The Bertz CT molecular complexity index is 241. The molecule has 0 aliphatic carbocycles. The summed E-state index contributed by atoms with van der Waals surface area (Å²) in [6, 6.07) is 0. The van der Waals surface area contributed by atoms with Crippen LogP contribution in [0.3, 0.4) is 0 Å². The number of hydrogen-bond acceptors (Lipinski definition) is 4. The highest BCUT2D eigenvalue weighted by atomic mass is 16.4. The molecule has 0 fully saturated rings. The standard InChI is InChI=1S/C6H7N3O/c1-2-8-6-5(3-7)9-4-10-6/h2-4,7-8H,1H2. The van der Waals surface area contributed by atoms with Gasteiger partial charge in [-0.2, -0.15) is 0 Å². The third kappa shape index (κ3) is 1.05. The fourth-order valence-electron chi connectivity index (χ4n) is 0.558. The summed E-state index contributed by atoms with van der Waals surface area (Å²) in [5, 5.41) is 9.55. The van der Waals surface area contributed by atoms with Crippen molar-refractivity contribution in [2.75, 3.05) is 5.32 Å². The average Bonchev–Trinajstić information content (AvgIpc) is 2.36. The molecule has 52 valence electrons. The summed E-state index contributed by atoms with van der Waals surface area (Å²) in [6.45, 7) is 3.44. The Kier molecular flexibility index (Phi) is 1.84. The molecular weight excluding hydrogens is 130 g/mol. The molecule has 2 N–H and O–H groups in total. The summed E-state index contributed by atoms with van der Waals surface area (Å²) in [5.74, 6) is 0.449. The first-order valence-electron chi connectivity index (χ1n) is 2.70. The van der Waals surface area contributed by atoms with Crippen LogP contribution in [-0.4, -0.2) is 11.2 Å². The van der Waals surface area contributed by atoms with Gasteiger partial charge in [0.1, 0.15) is 5.69 Å². The van der Waals surface area contributed by atoms with Crippen molar-refractivity contribution in [3.63, 3.8) is 0 Å². The smallest absolute Gasteiger partial charge is 0.226 e. The first kappa shape index (κ1) is 6.54. The molecule has 0 spiro atoms. The molecule has 4 heteroatoms. The second kappa shape index (κ2) is 2.82. The molecule has 0 radical (unpaired) electrons. The normalized spacial score (nSPS) is 8.80. The third-order valence-electron chi connectivity index (χ3n) is 0.965. The first-order chi connectivity index (χ1) is 4.88. The van der Waals surface area contributed by atoms with Gasteiger partial charge in [0.2, 0.25) is 5.88 Å². The van der Waals surface area contributed by atoms with Crippen LogP contribution in [0.5, 0.6) is 0 Å². The largest absolute Gasteiger partial charge is 0.427 e. The van der Waals surface area contributed by atoms with Crippen molar-refractivity contribution in [1.29, 1.82) is 5.41 Å². The van der Waals surface area contributed by atoms with Gasteiger partial charge in [0.25, 0.3) is 0 Å². The van der Waals surface area contributed by atoms with E-state index >= 15 is 0 Å². The average molecular weight is 137 g/mol. The Labute approximate surface area is 58.1 Å². The molecule has 0 amide bonds. The summed E-state index contributed by atoms with van der Waals surface area (Å²) >= 11 is 0. The highest BCUT2D eigenvalue weighted by Gasteiger charge is 2.00. The molecule has 0 saturated heterocycles. The van der Waals surface area contributed by atoms with Crippen molar-refractivity contribution in [3.05, 3.63) is 24.9 Å². The molecule has 0 aromatic carbocycles.